The van der Waals surface area contributed by atoms with Crippen molar-refractivity contribution in [2.45, 2.75) is 32.2 Å². The first-order valence-electron chi connectivity index (χ1n) is 6.56. The minimum atomic E-state index is -0.452. The van der Waals surface area contributed by atoms with Gasteiger partial charge in [-0.15, -0.1) is 0 Å². The van der Waals surface area contributed by atoms with Crippen LogP contribution in [0.5, 0.6) is 0 Å². The molecule has 1 aliphatic rings. The Morgan fingerprint density at radius 3 is 2.78 bits per heavy atom. The second kappa shape index (κ2) is 7.33. The quantitative estimate of drug-likeness (QED) is 0.655. The van der Waals surface area contributed by atoms with E-state index in [4.69, 9.17) is 5.73 Å². The van der Waals surface area contributed by atoms with Crippen LogP contribution in [0.1, 0.15) is 26.2 Å². The summed E-state index contributed by atoms with van der Waals surface area (Å²) in [5.41, 5.74) is 6.03. The number of carbonyl (C=O) groups is 2. The SMILES string of the molecule is CCC1CN(CCC(=O)NC(=O)NC)CCC1N. The van der Waals surface area contributed by atoms with Crippen molar-refractivity contribution in [2.75, 3.05) is 26.7 Å². The average molecular weight is 256 g/mol. The topological polar surface area (TPSA) is 87.5 Å². The standard InChI is InChI=1S/C12H24N4O2/c1-3-9-8-16(6-4-10(9)13)7-5-11(17)15-12(18)14-2/h9-10H,3-8,13H2,1-2H3,(H2,14,15,17,18). The molecule has 1 saturated heterocycles. The molecule has 0 aromatic heterocycles. The van der Waals surface area contributed by atoms with E-state index in [-0.39, 0.29) is 11.9 Å². The van der Waals surface area contributed by atoms with Crippen LogP contribution in [0.15, 0.2) is 0 Å². The molecule has 0 aromatic carbocycles. The lowest BCUT2D eigenvalue weighted by atomic mass is 9.90. The molecule has 1 heterocycles. The summed E-state index contributed by atoms with van der Waals surface area (Å²) in [4.78, 5) is 24.6. The van der Waals surface area contributed by atoms with Crippen molar-refractivity contribution in [3.63, 3.8) is 0 Å². The monoisotopic (exact) mass is 256 g/mol. The van der Waals surface area contributed by atoms with Gasteiger partial charge in [0.05, 0.1) is 0 Å². The van der Waals surface area contributed by atoms with Gasteiger partial charge in [-0.25, -0.2) is 4.79 Å². The van der Waals surface area contributed by atoms with Crippen LogP contribution in [0, 0.1) is 5.92 Å². The number of carbonyl (C=O) groups excluding carboxylic acids is 2. The molecule has 2 atom stereocenters. The summed E-state index contributed by atoms with van der Waals surface area (Å²) in [5.74, 6) is 0.276. The van der Waals surface area contributed by atoms with E-state index >= 15 is 0 Å². The van der Waals surface area contributed by atoms with Crippen LogP contribution in [-0.2, 0) is 4.79 Å². The summed E-state index contributed by atoms with van der Waals surface area (Å²) >= 11 is 0. The highest BCUT2D eigenvalue weighted by atomic mass is 16.2. The van der Waals surface area contributed by atoms with Gasteiger partial charge in [0.2, 0.25) is 5.91 Å². The lowest BCUT2D eigenvalue weighted by molar-refractivity contribution is -0.120. The number of nitrogens with one attached hydrogen (secondary N) is 2. The lowest BCUT2D eigenvalue weighted by Crippen LogP contribution is -2.48. The summed E-state index contributed by atoms with van der Waals surface area (Å²) in [7, 11) is 1.49. The summed E-state index contributed by atoms with van der Waals surface area (Å²) in [6, 6.07) is -0.168. The maximum absolute atomic E-state index is 11.4. The minimum Gasteiger partial charge on any atom is -0.341 e. The van der Waals surface area contributed by atoms with Crippen LogP contribution in [0.3, 0.4) is 0 Å². The maximum Gasteiger partial charge on any atom is 0.321 e. The Morgan fingerprint density at radius 1 is 1.44 bits per heavy atom. The van der Waals surface area contributed by atoms with Gasteiger partial charge in [0.15, 0.2) is 0 Å². The van der Waals surface area contributed by atoms with Gasteiger partial charge in [-0.2, -0.15) is 0 Å². The van der Waals surface area contributed by atoms with Crippen molar-refractivity contribution in [1.29, 1.82) is 0 Å². The van der Waals surface area contributed by atoms with E-state index < -0.39 is 6.03 Å². The number of piperidine rings is 1. The lowest BCUT2D eigenvalue weighted by Gasteiger charge is -2.36. The van der Waals surface area contributed by atoms with Gasteiger partial charge in [0.1, 0.15) is 0 Å². The molecule has 0 radical (unpaired) electrons. The predicted octanol–water partition coefficient (Wildman–Crippen LogP) is -0.109. The molecule has 6 nitrogen and oxygen atoms in total. The van der Waals surface area contributed by atoms with Crippen molar-refractivity contribution >= 4 is 11.9 Å². The van der Waals surface area contributed by atoms with E-state index in [1.54, 1.807) is 0 Å². The van der Waals surface area contributed by atoms with Crippen LogP contribution in [0.2, 0.25) is 0 Å². The largest absolute Gasteiger partial charge is 0.341 e. The van der Waals surface area contributed by atoms with E-state index in [1.807, 2.05) is 0 Å². The zero-order valence-electron chi connectivity index (χ0n) is 11.2. The number of likely N-dealkylation sites (tertiary alicyclic amines) is 1. The zero-order valence-corrected chi connectivity index (χ0v) is 11.2. The van der Waals surface area contributed by atoms with E-state index in [0.717, 1.165) is 25.9 Å². The molecule has 1 aliphatic heterocycles. The number of nitrogens with two attached hydrogens (primary N) is 1. The smallest absolute Gasteiger partial charge is 0.321 e. The molecule has 6 heteroatoms. The first-order chi connectivity index (χ1) is 8.56. The molecule has 1 rings (SSSR count). The molecule has 0 spiro atoms. The number of amides is 3. The van der Waals surface area contributed by atoms with Gasteiger partial charge in [-0.1, -0.05) is 13.3 Å². The van der Waals surface area contributed by atoms with Crippen LogP contribution < -0.4 is 16.4 Å². The van der Waals surface area contributed by atoms with Crippen LogP contribution >= 0.6 is 0 Å². The first kappa shape index (κ1) is 14.9. The summed E-state index contributed by atoms with van der Waals surface area (Å²) in [6.45, 7) is 4.72. The predicted molar refractivity (Wildman–Crippen MR) is 70.0 cm³/mol. The van der Waals surface area contributed by atoms with Crippen molar-refractivity contribution in [1.82, 2.24) is 15.5 Å². The van der Waals surface area contributed by atoms with Crippen LogP contribution in [-0.4, -0.2) is 49.6 Å². The van der Waals surface area contributed by atoms with Gasteiger partial charge in [0, 0.05) is 32.6 Å². The number of urea groups is 1. The van der Waals surface area contributed by atoms with E-state index in [1.165, 1.54) is 7.05 Å². The van der Waals surface area contributed by atoms with Crippen molar-refractivity contribution < 1.29 is 9.59 Å². The number of hydrogen-bond acceptors (Lipinski definition) is 4. The van der Waals surface area contributed by atoms with Crippen molar-refractivity contribution in [3.8, 4) is 0 Å². The third kappa shape index (κ3) is 4.62. The van der Waals surface area contributed by atoms with Crippen molar-refractivity contribution in [3.05, 3.63) is 0 Å². The zero-order chi connectivity index (χ0) is 13.5. The van der Waals surface area contributed by atoms with Gasteiger partial charge >= 0.3 is 6.03 Å². The minimum absolute atomic E-state index is 0.239. The summed E-state index contributed by atoms with van der Waals surface area (Å²) in [6.07, 6.45) is 2.40. The third-order valence-corrected chi connectivity index (χ3v) is 3.54. The fraction of sp³-hybridized carbons (Fsp3) is 0.833. The number of hydrogen-bond donors (Lipinski definition) is 3. The molecule has 2 unspecified atom stereocenters. The molecule has 0 saturated carbocycles. The van der Waals surface area contributed by atoms with Gasteiger partial charge < -0.3 is 16.0 Å². The Hall–Kier alpha value is -1.14. The Balaban J connectivity index is 2.27. The highest BCUT2D eigenvalue weighted by molar-refractivity contribution is 5.94. The Morgan fingerprint density at radius 2 is 2.17 bits per heavy atom. The summed E-state index contributed by atoms with van der Waals surface area (Å²) in [5, 5.41) is 4.62. The molecular weight excluding hydrogens is 232 g/mol. The molecule has 0 bridgehead atoms. The van der Waals surface area contributed by atoms with Gasteiger partial charge in [0.25, 0.3) is 0 Å². The highest BCUT2D eigenvalue weighted by Crippen LogP contribution is 2.18. The molecule has 0 aromatic rings. The second-order valence-electron chi connectivity index (χ2n) is 4.80. The molecule has 3 amide bonds. The van der Waals surface area contributed by atoms with Crippen molar-refractivity contribution in [2.24, 2.45) is 11.7 Å². The Kier molecular flexibility index (Phi) is 6.07. The fourth-order valence-corrected chi connectivity index (χ4v) is 2.27. The highest BCUT2D eigenvalue weighted by Gasteiger charge is 2.25. The molecule has 1 fully saturated rings. The Bertz CT molecular complexity index is 296. The first-order valence-corrected chi connectivity index (χ1v) is 6.56. The van der Waals surface area contributed by atoms with E-state index in [2.05, 4.69) is 22.5 Å². The second-order valence-corrected chi connectivity index (χ2v) is 4.80. The molecule has 104 valence electrons. The van der Waals surface area contributed by atoms with E-state index in [9.17, 15) is 9.59 Å². The molecule has 4 N–H and O–H groups in total. The molecule has 18 heavy (non-hydrogen) atoms. The van der Waals surface area contributed by atoms with Gasteiger partial charge in [-0.3, -0.25) is 10.1 Å². The number of imide groups is 1. The van der Waals surface area contributed by atoms with Crippen LogP contribution in [0.4, 0.5) is 4.79 Å². The molecular formula is C12H24N4O2. The number of rotatable bonds is 4. The fourth-order valence-electron chi connectivity index (χ4n) is 2.27. The average Bonchev–Trinajstić information content (AvgIpc) is 2.37. The normalized spacial score (nSPS) is 24.6. The Labute approximate surface area is 108 Å². The molecule has 0 aliphatic carbocycles. The maximum atomic E-state index is 11.4. The summed E-state index contributed by atoms with van der Waals surface area (Å²) < 4.78 is 0. The number of nitrogens with zero attached hydrogens (tertiary/aromatic N) is 1. The van der Waals surface area contributed by atoms with E-state index in [0.29, 0.717) is 18.9 Å². The van der Waals surface area contributed by atoms with Gasteiger partial charge in [-0.05, 0) is 18.9 Å². The third-order valence-electron chi connectivity index (χ3n) is 3.54. The van der Waals surface area contributed by atoms with Crippen LogP contribution in [0.25, 0.3) is 0 Å².